The molecule has 1 saturated heterocycles. The van der Waals surface area contributed by atoms with E-state index >= 15 is 0 Å². The molecule has 1 atom stereocenters. The van der Waals surface area contributed by atoms with Gasteiger partial charge in [0.05, 0.1) is 12.2 Å². The molecule has 128 valence electrons. The number of ether oxygens (including phenoxy) is 1. The number of carbonyl (C=O) groups excluding carboxylic acids is 1. The third-order valence-corrected chi connectivity index (χ3v) is 3.51. The third-order valence-electron chi connectivity index (χ3n) is 3.51. The molecule has 2 N–H and O–H groups in total. The van der Waals surface area contributed by atoms with E-state index < -0.39 is 6.10 Å². The molecule has 1 aliphatic rings. The standard InChI is InChI=1S/C13H22N4O3.2ClH/c1-10-7-11(20-15-10)9-16-3-5-17(6-4-16)13(18)12(8-14)19-2;;/h7,12H,3-6,8-9,14H2,1-2H3;2*1H. The first kappa shape index (κ1) is 21.1. The number of hydrogen-bond donors (Lipinski definition) is 1. The molecule has 1 aromatic heterocycles. The maximum Gasteiger partial charge on any atom is 0.253 e. The van der Waals surface area contributed by atoms with E-state index in [0.29, 0.717) is 13.1 Å². The van der Waals surface area contributed by atoms with Crippen molar-refractivity contribution in [2.24, 2.45) is 5.73 Å². The van der Waals surface area contributed by atoms with Gasteiger partial charge in [-0.25, -0.2) is 0 Å². The third kappa shape index (κ3) is 5.40. The number of piperazine rings is 1. The summed E-state index contributed by atoms with van der Waals surface area (Å²) < 4.78 is 10.3. The number of nitrogens with zero attached hydrogens (tertiary/aromatic N) is 3. The maximum absolute atomic E-state index is 12.1. The molecule has 1 fully saturated rings. The molecule has 22 heavy (non-hydrogen) atoms. The number of methoxy groups -OCH3 is 1. The summed E-state index contributed by atoms with van der Waals surface area (Å²) in [4.78, 5) is 16.2. The first-order valence-corrected chi connectivity index (χ1v) is 6.80. The van der Waals surface area contributed by atoms with Crippen LogP contribution in [-0.4, -0.2) is 66.8 Å². The number of aryl methyl sites for hydroxylation is 1. The molecule has 0 bridgehead atoms. The number of aromatic nitrogens is 1. The Morgan fingerprint density at radius 1 is 1.41 bits per heavy atom. The minimum absolute atomic E-state index is 0. The second-order valence-electron chi connectivity index (χ2n) is 5.00. The largest absolute Gasteiger partial charge is 0.370 e. The van der Waals surface area contributed by atoms with Crippen molar-refractivity contribution in [1.82, 2.24) is 15.0 Å². The zero-order valence-electron chi connectivity index (χ0n) is 12.9. The maximum atomic E-state index is 12.1. The minimum atomic E-state index is -0.529. The first-order chi connectivity index (χ1) is 9.63. The summed E-state index contributed by atoms with van der Waals surface area (Å²) in [7, 11) is 1.51. The molecule has 0 aliphatic carbocycles. The first-order valence-electron chi connectivity index (χ1n) is 6.80. The van der Waals surface area contributed by atoms with E-state index in [2.05, 4.69) is 10.1 Å². The lowest BCUT2D eigenvalue weighted by Gasteiger charge is -2.35. The molecule has 2 heterocycles. The second kappa shape index (κ2) is 10.0. The van der Waals surface area contributed by atoms with Gasteiger partial charge in [-0.05, 0) is 6.92 Å². The van der Waals surface area contributed by atoms with E-state index in [0.717, 1.165) is 31.1 Å². The van der Waals surface area contributed by atoms with Crippen LogP contribution in [0.1, 0.15) is 11.5 Å². The second-order valence-corrected chi connectivity index (χ2v) is 5.00. The highest BCUT2D eigenvalue weighted by atomic mass is 35.5. The van der Waals surface area contributed by atoms with Gasteiger partial charge >= 0.3 is 0 Å². The molecule has 0 saturated carbocycles. The van der Waals surface area contributed by atoms with Crippen LogP contribution >= 0.6 is 24.8 Å². The van der Waals surface area contributed by atoms with Crippen LogP contribution < -0.4 is 5.73 Å². The van der Waals surface area contributed by atoms with E-state index in [4.69, 9.17) is 15.0 Å². The van der Waals surface area contributed by atoms with E-state index in [1.165, 1.54) is 7.11 Å². The van der Waals surface area contributed by atoms with Gasteiger partial charge in [-0.3, -0.25) is 9.69 Å². The van der Waals surface area contributed by atoms with Crippen molar-refractivity contribution in [3.8, 4) is 0 Å². The number of hydrogen-bond acceptors (Lipinski definition) is 6. The fourth-order valence-electron chi connectivity index (χ4n) is 2.34. The Morgan fingerprint density at radius 2 is 2.05 bits per heavy atom. The summed E-state index contributed by atoms with van der Waals surface area (Å²) in [5.74, 6) is 0.837. The van der Waals surface area contributed by atoms with Gasteiger partial charge < -0.3 is 19.9 Å². The molecule has 7 nitrogen and oxygen atoms in total. The van der Waals surface area contributed by atoms with Crippen molar-refractivity contribution in [3.63, 3.8) is 0 Å². The predicted octanol–water partition coefficient (Wildman–Crippen LogP) is 0.445. The van der Waals surface area contributed by atoms with Gasteiger partial charge in [0.15, 0.2) is 5.76 Å². The summed E-state index contributed by atoms with van der Waals surface area (Å²) in [6.07, 6.45) is -0.529. The fourth-order valence-corrected chi connectivity index (χ4v) is 2.34. The van der Waals surface area contributed by atoms with Gasteiger partial charge in [-0.2, -0.15) is 0 Å². The molecule has 2 rings (SSSR count). The molecule has 0 radical (unpaired) electrons. The Bertz CT molecular complexity index is 446. The van der Waals surface area contributed by atoms with E-state index in [1.54, 1.807) is 0 Å². The van der Waals surface area contributed by atoms with Crippen LogP contribution in [0.2, 0.25) is 0 Å². The van der Waals surface area contributed by atoms with Gasteiger partial charge in [0.25, 0.3) is 5.91 Å². The molecule has 0 spiro atoms. The Balaban J connectivity index is 0.00000220. The van der Waals surface area contributed by atoms with Gasteiger partial charge in [-0.15, -0.1) is 24.8 Å². The summed E-state index contributed by atoms with van der Waals surface area (Å²) in [6, 6.07) is 1.94. The van der Waals surface area contributed by atoms with Crippen LogP contribution in [0.3, 0.4) is 0 Å². The molecule has 1 amide bonds. The average Bonchev–Trinajstić information content (AvgIpc) is 2.86. The molecule has 0 aromatic carbocycles. The Kier molecular flexibility index (Phi) is 9.63. The normalized spacial score (nSPS) is 16.6. The SMILES string of the molecule is COC(CN)C(=O)N1CCN(Cc2cc(C)no2)CC1.Cl.Cl. The monoisotopic (exact) mass is 354 g/mol. The number of halogens is 2. The quantitative estimate of drug-likeness (QED) is 0.825. The van der Waals surface area contributed by atoms with Crippen molar-refractivity contribution in [2.45, 2.75) is 19.6 Å². The Morgan fingerprint density at radius 3 is 2.50 bits per heavy atom. The van der Waals surface area contributed by atoms with E-state index in [-0.39, 0.29) is 37.3 Å². The smallest absolute Gasteiger partial charge is 0.253 e. The van der Waals surface area contributed by atoms with E-state index in [1.807, 2.05) is 17.9 Å². The number of nitrogens with two attached hydrogens (primary N) is 1. The van der Waals surface area contributed by atoms with Crippen LogP contribution in [0, 0.1) is 6.92 Å². The topological polar surface area (TPSA) is 84.8 Å². The van der Waals surface area contributed by atoms with Crippen molar-refractivity contribution < 1.29 is 14.1 Å². The van der Waals surface area contributed by atoms with Crippen LogP contribution in [0.5, 0.6) is 0 Å². The van der Waals surface area contributed by atoms with Crippen LogP contribution in [0.25, 0.3) is 0 Å². The van der Waals surface area contributed by atoms with Gasteiger partial charge in [0.1, 0.15) is 6.10 Å². The van der Waals surface area contributed by atoms with Crippen LogP contribution in [0.15, 0.2) is 10.6 Å². The fraction of sp³-hybridized carbons (Fsp3) is 0.692. The number of rotatable bonds is 5. The number of amides is 1. The predicted molar refractivity (Wildman–Crippen MR) is 87.4 cm³/mol. The average molecular weight is 355 g/mol. The Labute approximate surface area is 142 Å². The lowest BCUT2D eigenvalue weighted by atomic mass is 10.2. The molecule has 9 heteroatoms. The highest BCUT2D eigenvalue weighted by Crippen LogP contribution is 2.10. The van der Waals surface area contributed by atoms with E-state index in [9.17, 15) is 4.79 Å². The summed E-state index contributed by atoms with van der Waals surface area (Å²) in [5.41, 5.74) is 6.41. The van der Waals surface area contributed by atoms with Crippen LogP contribution in [-0.2, 0) is 16.1 Å². The molecule has 1 aliphatic heterocycles. The zero-order valence-corrected chi connectivity index (χ0v) is 14.5. The molecular weight excluding hydrogens is 331 g/mol. The zero-order chi connectivity index (χ0) is 14.5. The van der Waals surface area contributed by atoms with Gasteiger partial charge in [0, 0.05) is 45.9 Å². The molecule has 1 unspecified atom stereocenters. The highest BCUT2D eigenvalue weighted by molar-refractivity contribution is 5.85. The molecular formula is C13H24Cl2N4O3. The summed E-state index contributed by atoms with van der Waals surface area (Å²) >= 11 is 0. The van der Waals surface area contributed by atoms with Crippen molar-refractivity contribution in [2.75, 3.05) is 39.8 Å². The van der Waals surface area contributed by atoms with Crippen molar-refractivity contribution in [1.29, 1.82) is 0 Å². The number of carbonyl (C=O) groups is 1. The molecule has 1 aromatic rings. The lowest BCUT2D eigenvalue weighted by Crippen LogP contribution is -2.52. The van der Waals surface area contributed by atoms with Gasteiger partial charge in [0.2, 0.25) is 0 Å². The van der Waals surface area contributed by atoms with Gasteiger partial charge in [-0.1, -0.05) is 5.16 Å². The van der Waals surface area contributed by atoms with Crippen LogP contribution in [0.4, 0.5) is 0 Å². The van der Waals surface area contributed by atoms with Crippen molar-refractivity contribution in [3.05, 3.63) is 17.5 Å². The summed E-state index contributed by atoms with van der Waals surface area (Å²) in [6.45, 7) is 5.85. The Hall–Kier alpha value is -0.860. The lowest BCUT2D eigenvalue weighted by molar-refractivity contribution is -0.143. The summed E-state index contributed by atoms with van der Waals surface area (Å²) in [5, 5.41) is 3.87. The van der Waals surface area contributed by atoms with Crippen molar-refractivity contribution >= 4 is 30.7 Å². The highest BCUT2D eigenvalue weighted by Gasteiger charge is 2.26. The minimum Gasteiger partial charge on any atom is -0.370 e.